The third-order valence-electron chi connectivity index (χ3n) is 5.40. The Balaban J connectivity index is 1.76. The number of carbonyl (C=O) groups excluding carboxylic acids is 1. The number of amides is 1. The molecule has 0 atom stereocenters. The minimum atomic E-state index is -0.602. The molecular formula is C21H30BrN5O4. The number of fused-ring (bicyclic) bond motifs is 1. The average Bonchev–Trinajstić information content (AvgIpc) is 3.12. The molecule has 2 fully saturated rings. The molecule has 10 heteroatoms. The predicted molar refractivity (Wildman–Crippen MR) is 121 cm³/mol. The number of hydrogen-bond donors (Lipinski definition) is 0. The van der Waals surface area contributed by atoms with Crippen LogP contribution in [0.2, 0.25) is 0 Å². The summed E-state index contributed by atoms with van der Waals surface area (Å²) in [5.74, 6) is 1.78. The fourth-order valence-electron chi connectivity index (χ4n) is 3.82. The number of carbonyl (C=O) groups is 1. The lowest BCUT2D eigenvalue weighted by molar-refractivity contribution is 0.0512. The lowest BCUT2D eigenvalue weighted by Crippen LogP contribution is -2.42. The Morgan fingerprint density at radius 2 is 1.90 bits per heavy atom. The van der Waals surface area contributed by atoms with Gasteiger partial charge in [0.1, 0.15) is 17.2 Å². The number of nitrogens with zero attached hydrogens (tertiary/aromatic N) is 5. The zero-order valence-electron chi connectivity index (χ0n) is 18.3. The van der Waals surface area contributed by atoms with Crippen LogP contribution in [0.5, 0.6) is 0 Å². The summed E-state index contributed by atoms with van der Waals surface area (Å²) in [4.78, 5) is 22.0. The summed E-state index contributed by atoms with van der Waals surface area (Å²) in [5, 5.41) is 4.49. The van der Waals surface area contributed by atoms with E-state index < -0.39 is 5.60 Å². The van der Waals surface area contributed by atoms with Crippen LogP contribution >= 0.6 is 15.9 Å². The van der Waals surface area contributed by atoms with E-state index in [2.05, 4.69) is 25.9 Å². The van der Waals surface area contributed by atoms with Crippen LogP contribution in [-0.2, 0) is 14.2 Å². The number of hydrogen-bond acceptors (Lipinski definition) is 7. The van der Waals surface area contributed by atoms with Crippen molar-refractivity contribution < 1.29 is 19.0 Å². The number of ether oxygens (including phenoxy) is 3. The molecule has 31 heavy (non-hydrogen) atoms. The van der Waals surface area contributed by atoms with Crippen molar-refractivity contribution in [2.24, 2.45) is 5.92 Å². The molecule has 9 nitrogen and oxygen atoms in total. The van der Waals surface area contributed by atoms with Gasteiger partial charge in [-0.25, -0.2) is 9.78 Å². The molecule has 0 unspecified atom stereocenters. The summed E-state index contributed by atoms with van der Waals surface area (Å²) >= 11 is 3.55. The standard InChI is InChI=1S/C21H30BrN5O4/c1-21(2,3)31-20(28)26(14-15-4-8-29-9-5-15)18-12-17(25-6-10-30-11-7-25)24-19-16(22)13-23-27(18)19/h12-13,15H,4-11,14H2,1-3H3. The summed E-state index contributed by atoms with van der Waals surface area (Å²) < 4.78 is 19.3. The lowest BCUT2D eigenvalue weighted by atomic mass is 10.00. The van der Waals surface area contributed by atoms with Gasteiger partial charge in [-0.2, -0.15) is 9.61 Å². The van der Waals surface area contributed by atoms with Gasteiger partial charge in [0, 0.05) is 38.9 Å². The van der Waals surface area contributed by atoms with Crippen LogP contribution in [0.25, 0.3) is 5.65 Å². The summed E-state index contributed by atoms with van der Waals surface area (Å²) in [6, 6.07) is 1.93. The fraction of sp³-hybridized carbons (Fsp3) is 0.667. The predicted octanol–water partition coefficient (Wildman–Crippen LogP) is 3.50. The van der Waals surface area contributed by atoms with E-state index in [1.54, 1.807) is 15.6 Å². The molecule has 0 bridgehead atoms. The summed E-state index contributed by atoms with van der Waals surface area (Å²) in [6.45, 7) is 10.4. The third kappa shape index (κ3) is 5.30. The second kappa shape index (κ2) is 9.30. The molecule has 1 amide bonds. The number of rotatable bonds is 4. The molecule has 0 N–H and O–H groups in total. The Morgan fingerprint density at radius 3 is 2.58 bits per heavy atom. The first-order chi connectivity index (χ1) is 14.8. The Hall–Kier alpha value is -1.91. The molecule has 2 aromatic heterocycles. The summed E-state index contributed by atoms with van der Waals surface area (Å²) in [5.41, 5.74) is 0.0639. The molecule has 0 spiro atoms. The van der Waals surface area contributed by atoms with Crippen LogP contribution in [0, 0.1) is 5.92 Å². The van der Waals surface area contributed by atoms with Gasteiger partial charge in [-0.1, -0.05) is 0 Å². The summed E-state index contributed by atoms with van der Waals surface area (Å²) in [6.07, 6.45) is 3.14. The second-order valence-electron chi connectivity index (χ2n) is 8.95. The molecule has 4 rings (SSSR count). The molecule has 2 saturated heterocycles. The smallest absolute Gasteiger partial charge is 0.416 e. The molecule has 0 aromatic carbocycles. The van der Waals surface area contributed by atoms with Crippen molar-refractivity contribution in [3.63, 3.8) is 0 Å². The first-order valence-electron chi connectivity index (χ1n) is 10.8. The molecule has 0 aliphatic carbocycles. The molecule has 2 aliphatic rings. The molecular weight excluding hydrogens is 466 g/mol. The van der Waals surface area contributed by atoms with Gasteiger partial charge in [-0.3, -0.25) is 4.90 Å². The Bertz CT molecular complexity index is 916. The number of anilines is 2. The van der Waals surface area contributed by atoms with Crippen molar-refractivity contribution in [2.45, 2.75) is 39.2 Å². The minimum Gasteiger partial charge on any atom is -0.443 e. The first-order valence-corrected chi connectivity index (χ1v) is 11.6. The first kappa shape index (κ1) is 22.3. The highest BCUT2D eigenvalue weighted by molar-refractivity contribution is 9.10. The highest BCUT2D eigenvalue weighted by Crippen LogP contribution is 2.30. The van der Waals surface area contributed by atoms with Crippen LogP contribution in [0.3, 0.4) is 0 Å². The average molecular weight is 496 g/mol. The minimum absolute atomic E-state index is 0.329. The van der Waals surface area contributed by atoms with Crippen molar-refractivity contribution in [3.05, 3.63) is 16.7 Å². The van der Waals surface area contributed by atoms with Crippen molar-refractivity contribution in [1.29, 1.82) is 0 Å². The lowest BCUT2D eigenvalue weighted by Gasteiger charge is -2.33. The van der Waals surface area contributed by atoms with Crippen LogP contribution in [-0.4, -0.2) is 72.4 Å². The third-order valence-corrected chi connectivity index (χ3v) is 5.96. The van der Waals surface area contributed by atoms with E-state index in [0.29, 0.717) is 50.4 Å². The van der Waals surface area contributed by atoms with Crippen LogP contribution in [0.15, 0.2) is 16.7 Å². The second-order valence-corrected chi connectivity index (χ2v) is 9.80. The molecule has 4 heterocycles. The molecule has 170 valence electrons. The van der Waals surface area contributed by atoms with Gasteiger partial charge >= 0.3 is 6.09 Å². The van der Waals surface area contributed by atoms with Crippen molar-refractivity contribution >= 4 is 39.3 Å². The van der Waals surface area contributed by atoms with E-state index >= 15 is 0 Å². The van der Waals surface area contributed by atoms with Crippen molar-refractivity contribution in [2.75, 3.05) is 55.9 Å². The Kier molecular flexibility index (Phi) is 6.68. The SMILES string of the molecule is CC(C)(C)OC(=O)N(CC1CCOCC1)c1cc(N2CCOCC2)nc2c(Br)cnn12. The van der Waals surface area contributed by atoms with Gasteiger partial charge in [0.05, 0.1) is 23.9 Å². The summed E-state index contributed by atoms with van der Waals surface area (Å²) in [7, 11) is 0. The van der Waals surface area contributed by atoms with Gasteiger partial charge in [0.25, 0.3) is 0 Å². The van der Waals surface area contributed by atoms with Gasteiger partial charge in [-0.15, -0.1) is 0 Å². The maximum Gasteiger partial charge on any atom is 0.416 e. The van der Waals surface area contributed by atoms with Gasteiger partial charge < -0.3 is 19.1 Å². The zero-order chi connectivity index (χ0) is 22.0. The number of aromatic nitrogens is 3. The van der Waals surface area contributed by atoms with Crippen LogP contribution in [0.4, 0.5) is 16.4 Å². The van der Waals surface area contributed by atoms with Crippen molar-refractivity contribution in [1.82, 2.24) is 14.6 Å². The zero-order valence-corrected chi connectivity index (χ0v) is 19.9. The van der Waals surface area contributed by atoms with E-state index in [0.717, 1.165) is 36.2 Å². The monoisotopic (exact) mass is 495 g/mol. The quantitative estimate of drug-likeness (QED) is 0.641. The number of halogens is 1. The van der Waals surface area contributed by atoms with E-state index in [-0.39, 0.29) is 6.09 Å². The largest absolute Gasteiger partial charge is 0.443 e. The molecule has 0 saturated carbocycles. The number of morpholine rings is 1. The Morgan fingerprint density at radius 1 is 1.23 bits per heavy atom. The maximum absolute atomic E-state index is 13.3. The van der Waals surface area contributed by atoms with Crippen LogP contribution < -0.4 is 9.80 Å². The molecule has 0 radical (unpaired) electrons. The normalized spacial score (nSPS) is 18.4. The van der Waals surface area contributed by atoms with E-state index in [1.165, 1.54) is 0 Å². The highest BCUT2D eigenvalue weighted by Gasteiger charge is 2.30. The van der Waals surface area contributed by atoms with Gasteiger partial charge in [-0.05, 0) is 55.5 Å². The van der Waals surface area contributed by atoms with Gasteiger partial charge in [0.2, 0.25) is 0 Å². The van der Waals surface area contributed by atoms with Crippen molar-refractivity contribution in [3.8, 4) is 0 Å². The van der Waals surface area contributed by atoms with Gasteiger partial charge in [0.15, 0.2) is 5.65 Å². The topological polar surface area (TPSA) is 81.4 Å². The molecule has 2 aliphatic heterocycles. The molecule has 2 aromatic rings. The fourth-order valence-corrected chi connectivity index (χ4v) is 4.17. The maximum atomic E-state index is 13.3. The van der Waals surface area contributed by atoms with E-state index in [4.69, 9.17) is 19.2 Å². The Labute approximate surface area is 190 Å². The van der Waals surface area contributed by atoms with E-state index in [9.17, 15) is 4.79 Å². The highest BCUT2D eigenvalue weighted by atomic mass is 79.9. The van der Waals surface area contributed by atoms with Crippen LogP contribution in [0.1, 0.15) is 33.6 Å². The van der Waals surface area contributed by atoms with E-state index in [1.807, 2.05) is 26.8 Å².